The van der Waals surface area contributed by atoms with Crippen molar-refractivity contribution in [2.24, 2.45) is 11.8 Å². The third kappa shape index (κ3) is 2.84. The number of allylic oxidation sites excluding steroid dienone is 1. The van der Waals surface area contributed by atoms with E-state index in [2.05, 4.69) is 72.8 Å². The Morgan fingerprint density at radius 2 is 1.62 bits per heavy atom. The van der Waals surface area contributed by atoms with Crippen LogP contribution in [0, 0.1) is 11.8 Å². The number of hydrogen-bond acceptors (Lipinski definition) is 2. The molecule has 1 aliphatic heterocycles. The number of esters is 1. The van der Waals surface area contributed by atoms with E-state index in [1.807, 2.05) is 6.92 Å². The molecule has 0 radical (unpaired) electrons. The first kappa shape index (κ1) is 17.3. The molecule has 2 aliphatic rings. The van der Waals surface area contributed by atoms with Gasteiger partial charge in [-0.3, -0.25) is 4.79 Å². The van der Waals surface area contributed by atoms with Crippen molar-refractivity contribution in [3.05, 3.63) is 72.8 Å². The molecule has 1 heterocycles. The van der Waals surface area contributed by atoms with Crippen molar-refractivity contribution in [1.29, 1.82) is 0 Å². The molecule has 0 N–H and O–H groups in total. The Labute approximate surface area is 156 Å². The van der Waals surface area contributed by atoms with Gasteiger partial charge in [0.1, 0.15) is 8.07 Å². The molecule has 0 saturated carbocycles. The largest absolute Gasteiger partial charge is 0.466 e. The Morgan fingerprint density at radius 3 is 2.19 bits per heavy atom. The summed E-state index contributed by atoms with van der Waals surface area (Å²) >= 11 is 0. The van der Waals surface area contributed by atoms with Crippen LogP contribution in [0.1, 0.15) is 19.8 Å². The predicted molar refractivity (Wildman–Crippen MR) is 108 cm³/mol. The molecule has 0 spiro atoms. The average molecular weight is 363 g/mol. The van der Waals surface area contributed by atoms with Crippen LogP contribution in [0.3, 0.4) is 0 Å². The minimum absolute atomic E-state index is 0.0548. The van der Waals surface area contributed by atoms with Crippen LogP contribution in [-0.2, 0) is 9.53 Å². The molecule has 2 nitrogen and oxygen atoms in total. The van der Waals surface area contributed by atoms with E-state index in [1.54, 1.807) is 0 Å². The van der Waals surface area contributed by atoms with Crippen LogP contribution in [0.2, 0.25) is 11.6 Å². The highest BCUT2D eigenvalue weighted by atomic mass is 28.3. The number of carbonyl (C=O) groups excluding carboxylic acids is 1. The van der Waals surface area contributed by atoms with Crippen LogP contribution < -0.4 is 10.4 Å². The van der Waals surface area contributed by atoms with Crippen LogP contribution >= 0.6 is 0 Å². The maximum absolute atomic E-state index is 12.2. The first-order valence-electron chi connectivity index (χ1n) is 9.71. The first-order valence-corrected chi connectivity index (χ1v) is 12.0. The van der Waals surface area contributed by atoms with Gasteiger partial charge in [0.05, 0.1) is 12.5 Å². The number of hydrogen-bond donors (Lipinski definition) is 0. The van der Waals surface area contributed by atoms with Gasteiger partial charge in [-0.15, -0.1) is 0 Å². The summed E-state index contributed by atoms with van der Waals surface area (Å²) in [5, 5.41) is 3.05. The second-order valence-electron chi connectivity index (χ2n) is 7.51. The predicted octanol–water partition coefficient (Wildman–Crippen LogP) is 3.78. The van der Waals surface area contributed by atoms with Gasteiger partial charge in [-0.2, -0.15) is 0 Å². The molecule has 26 heavy (non-hydrogen) atoms. The molecule has 0 unspecified atom stereocenters. The lowest BCUT2D eigenvalue weighted by Crippen LogP contribution is -2.59. The Bertz CT molecular complexity index is 745. The van der Waals surface area contributed by atoms with E-state index in [0.717, 1.165) is 6.42 Å². The van der Waals surface area contributed by atoms with Crippen LogP contribution in [0.5, 0.6) is 0 Å². The third-order valence-corrected chi connectivity index (χ3v) is 11.9. The molecule has 2 aromatic carbocycles. The zero-order chi connectivity index (χ0) is 18.0. The van der Waals surface area contributed by atoms with Crippen LogP contribution in [0.15, 0.2) is 72.8 Å². The van der Waals surface area contributed by atoms with E-state index in [-0.39, 0.29) is 11.9 Å². The van der Waals surface area contributed by atoms with Crippen molar-refractivity contribution >= 4 is 24.4 Å². The normalized spacial score (nSPS) is 26.3. The Morgan fingerprint density at radius 1 is 1.00 bits per heavy atom. The van der Waals surface area contributed by atoms with Crippen LogP contribution in [0.25, 0.3) is 0 Å². The summed E-state index contributed by atoms with van der Waals surface area (Å²) in [5.74, 6) is 0.467. The highest BCUT2D eigenvalue weighted by Gasteiger charge is 2.53. The number of carbonyl (C=O) groups is 1. The van der Waals surface area contributed by atoms with E-state index >= 15 is 0 Å². The number of ether oxygens (including phenoxy) is 1. The minimum Gasteiger partial charge on any atom is -0.466 e. The van der Waals surface area contributed by atoms with E-state index in [1.165, 1.54) is 22.8 Å². The molecule has 134 valence electrons. The summed E-state index contributed by atoms with van der Waals surface area (Å²) < 4.78 is 5.27. The highest BCUT2D eigenvalue weighted by Crippen LogP contribution is 2.50. The molecule has 2 aromatic rings. The number of rotatable bonds is 4. The lowest BCUT2D eigenvalue weighted by molar-refractivity contribution is -0.146. The smallest absolute Gasteiger partial charge is 0.312 e. The summed E-state index contributed by atoms with van der Waals surface area (Å²) in [6, 6.07) is 23.5. The summed E-state index contributed by atoms with van der Waals surface area (Å²) in [5.41, 5.74) is 0.568. The molecular formula is C23H26O2Si. The average Bonchev–Trinajstić information content (AvgIpc) is 3.09. The van der Waals surface area contributed by atoms with Crippen LogP contribution in [-0.4, -0.2) is 20.7 Å². The van der Waals surface area contributed by atoms with Gasteiger partial charge in [0.25, 0.3) is 0 Å². The number of fused-ring (bicyclic) bond motifs is 1. The molecule has 3 heteroatoms. The second kappa shape index (κ2) is 7.24. The molecule has 1 fully saturated rings. The Kier molecular flexibility index (Phi) is 4.81. The molecule has 0 aromatic heterocycles. The summed E-state index contributed by atoms with van der Waals surface area (Å²) in [7, 11) is -1.87. The van der Waals surface area contributed by atoms with Crippen molar-refractivity contribution in [3.63, 3.8) is 0 Å². The summed E-state index contributed by atoms with van der Waals surface area (Å²) in [6.45, 7) is 2.34. The fraction of sp³-hybridized carbons (Fsp3) is 0.348. The van der Waals surface area contributed by atoms with Gasteiger partial charge in [-0.1, -0.05) is 89.6 Å². The third-order valence-electron chi connectivity index (χ3n) is 6.26. The van der Waals surface area contributed by atoms with Crippen LogP contribution in [0.4, 0.5) is 0 Å². The second-order valence-corrected chi connectivity index (χ2v) is 11.8. The van der Waals surface area contributed by atoms with Crippen molar-refractivity contribution in [2.75, 3.05) is 6.61 Å². The van der Waals surface area contributed by atoms with Gasteiger partial charge < -0.3 is 4.74 Å². The van der Waals surface area contributed by atoms with Gasteiger partial charge in [0.15, 0.2) is 0 Å². The van der Waals surface area contributed by atoms with Crippen molar-refractivity contribution in [1.82, 2.24) is 0 Å². The van der Waals surface area contributed by atoms with E-state index in [0.29, 0.717) is 18.1 Å². The topological polar surface area (TPSA) is 26.3 Å². The van der Waals surface area contributed by atoms with Crippen molar-refractivity contribution in [2.45, 2.75) is 31.4 Å². The SMILES string of the molecule is CCOC(=O)[C@@H]1C=C[C@H]2[C@H](CC[Si]2(c2ccccc2)c2ccccc2)C1. The fourth-order valence-electron chi connectivity index (χ4n) is 5.14. The lowest BCUT2D eigenvalue weighted by Gasteiger charge is -2.37. The molecule has 3 atom stereocenters. The lowest BCUT2D eigenvalue weighted by atomic mass is 9.85. The molecule has 4 rings (SSSR count). The number of benzene rings is 2. The van der Waals surface area contributed by atoms with Gasteiger partial charge in [-0.05, 0) is 30.8 Å². The van der Waals surface area contributed by atoms with Gasteiger partial charge in [0, 0.05) is 0 Å². The summed E-state index contributed by atoms with van der Waals surface area (Å²) in [4.78, 5) is 12.2. The molecule has 0 bridgehead atoms. The van der Waals surface area contributed by atoms with E-state index in [4.69, 9.17) is 4.74 Å². The van der Waals surface area contributed by atoms with Crippen molar-refractivity contribution in [3.8, 4) is 0 Å². The Balaban J connectivity index is 1.75. The fourth-order valence-corrected chi connectivity index (χ4v) is 11.1. The first-order chi connectivity index (χ1) is 12.8. The Hall–Kier alpha value is -2.13. The van der Waals surface area contributed by atoms with Gasteiger partial charge in [-0.25, -0.2) is 0 Å². The maximum Gasteiger partial charge on any atom is 0.312 e. The summed E-state index contributed by atoms with van der Waals surface area (Å²) in [6.07, 6.45) is 6.66. The van der Waals surface area contributed by atoms with Gasteiger partial charge >= 0.3 is 5.97 Å². The zero-order valence-corrected chi connectivity index (χ0v) is 16.3. The molecule has 0 amide bonds. The molecule has 1 saturated heterocycles. The molecule has 1 aliphatic carbocycles. The monoisotopic (exact) mass is 362 g/mol. The quantitative estimate of drug-likeness (QED) is 0.470. The van der Waals surface area contributed by atoms with E-state index < -0.39 is 8.07 Å². The molecular weight excluding hydrogens is 336 g/mol. The maximum atomic E-state index is 12.2. The zero-order valence-electron chi connectivity index (χ0n) is 15.3. The minimum atomic E-state index is -1.87. The standard InChI is InChI=1S/C23H26O2Si/c1-2-25-23(24)19-13-14-22-18(17-19)15-16-26(22,20-9-5-3-6-10-20)21-11-7-4-8-12-21/h3-14,18-19,22H,2,15-17H2,1H3/t18-,19-,22+/m1/s1. The highest BCUT2D eigenvalue weighted by molar-refractivity contribution is 7.04. The van der Waals surface area contributed by atoms with E-state index in [9.17, 15) is 4.79 Å². The van der Waals surface area contributed by atoms with Gasteiger partial charge in [0.2, 0.25) is 0 Å². The van der Waals surface area contributed by atoms with Crippen molar-refractivity contribution < 1.29 is 9.53 Å².